The lowest BCUT2D eigenvalue weighted by atomic mass is 10.1. The molecule has 0 bridgehead atoms. The Kier molecular flexibility index (Phi) is 3.79. The van der Waals surface area contributed by atoms with E-state index >= 15 is 0 Å². The molecule has 2 aromatic carbocycles. The minimum Gasteiger partial charge on any atom is -0.507 e. The number of hydrogen-bond acceptors (Lipinski definition) is 4. The Bertz CT molecular complexity index is 775. The van der Waals surface area contributed by atoms with Gasteiger partial charge in [-0.2, -0.15) is 0 Å². The summed E-state index contributed by atoms with van der Waals surface area (Å²) in [5.41, 5.74) is 3.63. The first-order chi connectivity index (χ1) is 10.2. The van der Waals surface area contributed by atoms with Crippen molar-refractivity contribution in [3.8, 4) is 17.0 Å². The van der Waals surface area contributed by atoms with E-state index in [4.69, 9.17) is 0 Å². The number of nitrogens with zero attached hydrogens (tertiary/aromatic N) is 2. The molecule has 1 N–H and O–H groups in total. The highest BCUT2D eigenvalue weighted by molar-refractivity contribution is 7.09. The minimum atomic E-state index is 0.232. The van der Waals surface area contributed by atoms with Crippen LogP contribution in [0.25, 0.3) is 11.3 Å². The van der Waals surface area contributed by atoms with E-state index in [1.54, 1.807) is 29.7 Å². The highest BCUT2D eigenvalue weighted by Crippen LogP contribution is 2.24. The lowest BCUT2D eigenvalue weighted by molar-refractivity contribution is 0.474. The monoisotopic (exact) mass is 294 g/mol. The molecule has 0 fully saturated rings. The second-order valence-electron chi connectivity index (χ2n) is 4.62. The summed E-state index contributed by atoms with van der Waals surface area (Å²) in [5, 5.41) is 12.8. The number of thiazole rings is 1. The summed E-state index contributed by atoms with van der Waals surface area (Å²) in [6.07, 6.45) is 1.66. The predicted molar refractivity (Wildman–Crippen MR) is 87.6 cm³/mol. The molecule has 0 amide bonds. The standard InChI is InChI=1S/C17H14N2OS/c1-12-19-16(11-21-12)13-6-8-15(9-7-13)18-10-14-4-2-3-5-17(14)20/h2-11,20H,1H3. The SMILES string of the molecule is Cc1nc(-c2ccc(N=Cc3ccccc3O)cc2)cs1. The minimum absolute atomic E-state index is 0.232. The third kappa shape index (κ3) is 3.17. The van der Waals surface area contributed by atoms with Crippen molar-refractivity contribution in [1.29, 1.82) is 0 Å². The second kappa shape index (κ2) is 5.89. The fourth-order valence-electron chi connectivity index (χ4n) is 1.96. The summed E-state index contributed by atoms with van der Waals surface area (Å²) in [6.45, 7) is 2.00. The first-order valence-electron chi connectivity index (χ1n) is 6.57. The maximum absolute atomic E-state index is 9.69. The Morgan fingerprint density at radius 2 is 1.86 bits per heavy atom. The van der Waals surface area contributed by atoms with Crippen LogP contribution in [0.2, 0.25) is 0 Å². The van der Waals surface area contributed by atoms with Gasteiger partial charge < -0.3 is 5.11 Å². The van der Waals surface area contributed by atoms with Gasteiger partial charge in [-0.05, 0) is 31.2 Å². The van der Waals surface area contributed by atoms with Gasteiger partial charge in [0.15, 0.2) is 0 Å². The Hall–Kier alpha value is -2.46. The molecule has 0 aliphatic heterocycles. The molecule has 0 aliphatic carbocycles. The number of phenolic OH excluding ortho intramolecular Hbond substituents is 1. The van der Waals surface area contributed by atoms with Crippen molar-refractivity contribution in [1.82, 2.24) is 4.98 Å². The third-order valence-electron chi connectivity index (χ3n) is 3.07. The molecule has 1 heterocycles. The van der Waals surface area contributed by atoms with Gasteiger partial charge in [-0.3, -0.25) is 4.99 Å². The Morgan fingerprint density at radius 3 is 2.52 bits per heavy atom. The van der Waals surface area contributed by atoms with Crippen LogP contribution in [-0.2, 0) is 0 Å². The first-order valence-corrected chi connectivity index (χ1v) is 7.45. The van der Waals surface area contributed by atoms with E-state index < -0.39 is 0 Å². The van der Waals surface area contributed by atoms with Gasteiger partial charge in [-0.15, -0.1) is 11.3 Å². The van der Waals surface area contributed by atoms with E-state index in [0.717, 1.165) is 22.0 Å². The summed E-state index contributed by atoms with van der Waals surface area (Å²) in [4.78, 5) is 8.84. The van der Waals surface area contributed by atoms with Crippen molar-refractivity contribution in [3.05, 3.63) is 64.5 Å². The summed E-state index contributed by atoms with van der Waals surface area (Å²) < 4.78 is 0. The zero-order valence-electron chi connectivity index (χ0n) is 11.5. The molecule has 0 spiro atoms. The van der Waals surface area contributed by atoms with Gasteiger partial charge >= 0.3 is 0 Å². The highest BCUT2D eigenvalue weighted by Gasteiger charge is 2.01. The van der Waals surface area contributed by atoms with Crippen LogP contribution in [0.15, 0.2) is 58.9 Å². The number of hydrogen-bond donors (Lipinski definition) is 1. The molecule has 3 aromatic rings. The van der Waals surface area contributed by atoms with Crippen molar-refractivity contribution in [2.24, 2.45) is 4.99 Å². The van der Waals surface area contributed by atoms with Crippen LogP contribution in [-0.4, -0.2) is 16.3 Å². The summed E-state index contributed by atoms with van der Waals surface area (Å²) in [5.74, 6) is 0.232. The van der Waals surface area contributed by atoms with Gasteiger partial charge in [0, 0.05) is 22.7 Å². The average Bonchev–Trinajstić information content (AvgIpc) is 2.94. The smallest absolute Gasteiger partial charge is 0.124 e. The summed E-state index contributed by atoms with van der Waals surface area (Å²) in [6, 6.07) is 15.0. The number of para-hydroxylation sites is 1. The number of aromatic hydroxyl groups is 1. The van der Waals surface area contributed by atoms with E-state index in [1.807, 2.05) is 43.3 Å². The molecule has 3 rings (SSSR count). The van der Waals surface area contributed by atoms with Crippen LogP contribution < -0.4 is 0 Å². The van der Waals surface area contributed by atoms with Crippen molar-refractivity contribution >= 4 is 23.2 Å². The molecule has 4 heteroatoms. The van der Waals surface area contributed by atoms with Gasteiger partial charge in [0.25, 0.3) is 0 Å². The van der Waals surface area contributed by atoms with Crippen molar-refractivity contribution < 1.29 is 5.11 Å². The zero-order chi connectivity index (χ0) is 14.7. The number of aromatic nitrogens is 1. The average molecular weight is 294 g/mol. The first kappa shape index (κ1) is 13.5. The van der Waals surface area contributed by atoms with Crippen LogP contribution >= 0.6 is 11.3 Å². The molecular weight excluding hydrogens is 280 g/mol. The van der Waals surface area contributed by atoms with Gasteiger partial charge in [0.05, 0.1) is 16.4 Å². The normalized spacial score (nSPS) is 11.1. The molecule has 0 unspecified atom stereocenters. The maximum atomic E-state index is 9.69. The Morgan fingerprint density at radius 1 is 1.10 bits per heavy atom. The van der Waals surface area contributed by atoms with E-state index in [0.29, 0.717) is 5.56 Å². The van der Waals surface area contributed by atoms with E-state index in [-0.39, 0.29) is 5.75 Å². The van der Waals surface area contributed by atoms with E-state index in [1.165, 1.54) is 0 Å². The highest BCUT2D eigenvalue weighted by atomic mass is 32.1. The van der Waals surface area contributed by atoms with Gasteiger partial charge in [-0.25, -0.2) is 4.98 Å². The molecule has 1 aromatic heterocycles. The third-order valence-corrected chi connectivity index (χ3v) is 3.85. The van der Waals surface area contributed by atoms with E-state index in [9.17, 15) is 5.11 Å². The van der Waals surface area contributed by atoms with Gasteiger partial charge in [-0.1, -0.05) is 24.3 Å². The topological polar surface area (TPSA) is 45.5 Å². The lowest BCUT2D eigenvalue weighted by Gasteiger charge is -1.99. The van der Waals surface area contributed by atoms with Crippen LogP contribution in [0.4, 0.5) is 5.69 Å². The largest absolute Gasteiger partial charge is 0.507 e. The Balaban J connectivity index is 1.80. The maximum Gasteiger partial charge on any atom is 0.124 e. The molecule has 0 saturated heterocycles. The van der Waals surface area contributed by atoms with Gasteiger partial charge in [0.2, 0.25) is 0 Å². The van der Waals surface area contributed by atoms with Crippen molar-refractivity contribution in [2.75, 3.05) is 0 Å². The quantitative estimate of drug-likeness (QED) is 0.719. The van der Waals surface area contributed by atoms with Crippen LogP contribution in [0.5, 0.6) is 5.75 Å². The molecule has 21 heavy (non-hydrogen) atoms. The van der Waals surface area contributed by atoms with Crippen molar-refractivity contribution in [2.45, 2.75) is 6.92 Å². The zero-order valence-corrected chi connectivity index (χ0v) is 12.3. The van der Waals surface area contributed by atoms with Crippen LogP contribution in [0.1, 0.15) is 10.6 Å². The fraction of sp³-hybridized carbons (Fsp3) is 0.0588. The molecule has 0 saturated carbocycles. The fourth-order valence-corrected chi connectivity index (χ4v) is 2.58. The molecule has 0 atom stereocenters. The summed E-state index contributed by atoms with van der Waals surface area (Å²) >= 11 is 1.64. The number of phenols is 1. The van der Waals surface area contributed by atoms with Crippen LogP contribution in [0.3, 0.4) is 0 Å². The summed E-state index contributed by atoms with van der Waals surface area (Å²) in [7, 11) is 0. The number of benzene rings is 2. The molecule has 3 nitrogen and oxygen atoms in total. The number of aryl methyl sites for hydroxylation is 1. The molecular formula is C17H14N2OS. The second-order valence-corrected chi connectivity index (χ2v) is 5.68. The predicted octanol–water partition coefficient (Wildman–Crippen LogP) is 4.57. The number of aliphatic imine (C=N–C) groups is 1. The van der Waals surface area contributed by atoms with Crippen molar-refractivity contribution in [3.63, 3.8) is 0 Å². The molecule has 104 valence electrons. The Labute approximate surface area is 127 Å². The number of rotatable bonds is 3. The molecule has 0 aliphatic rings. The van der Waals surface area contributed by atoms with E-state index in [2.05, 4.69) is 15.4 Å². The lowest BCUT2D eigenvalue weighted by Crippen LogP contribution is -1.81. The van der Waals surface area contributed by atoms with Crippen LogP contribution in [0, 0.1) is 6.92 Å². The van der Waals surface area contributed by atoms with Gasteiger partial charge in [0.1, 0.15) is 5.75 Å². The molecule has 0 radical (unpaired) electrons.